The summed E-state index contributed by atoms with van der Waals surface area (Å²) in [6.07, 6.45) is -4.41. The Bertz CT molecular complexity index is 878. The van der Waals surface area contributed by atoms with Crippen molar-refractivity contribution >= 4 is 17.3 Å². The first-order valence-electron chi connectivity index (χ1n) is 7.02. The Morgan fingerprint density at radius 3 is 2.44 bits per heavy atom. The lowest BCUT2D eigenvalue weighted by atomic mass is 10.1. The first-order valence-corrected chi connectivity index (χ1v) is 7.40. The Hall–Kier alpha value is -2.61. The van der Waals surface area contributed by atoms with Crippen molar-refractivity contribution in [2.45, 2.75) is 12.7 Å². The number of halogens is 5. The summed E-state index contributed by atoms with van der Waals surface area (Å²) in [5, 5.41) is 6.75. The third-order valence-electron chi connectivity index (χ3n) is 3.30. The molecule has 3 rings (SSSR count). The van der Waals surface area contributed by atoms with Crippen LogP contribution in [-0.4, -0.2) is 10.1 Å². The van der Waals surface area contributed by atoms with E-state index in [-0.39, 0.29) is 29.0 Å². The maximum Gasteiger partial charge on any atom is 0.416 e. The van der Waals surface area contributed by atoms with E-state index in [1.165, 1.54) is 24.3 Å². The second kappa shape index (κ2) is 6.72. The fourth-order valence-corrected chi connectivity index (χ4v) is 2.21. The number of hydrogen-bond acceptors (Lipinski definition) is 4. The molecule has 2 aromatic carbocycles. The van der Waals surface area contributed by atoms with Gasteiger partial charge in [-0.2, -0.15) is 18.2 Å². The molecule has 0 aliphatic heterocycles. The van der Waals surface area contributed by atoms with Crippen LogP contribution in [-0.2, 0) is 12.7 Å². The van der Waals surface area contributed by atoms with E-state index >= 15 is 0 Å². The molecule has 0 bridgehead atoms. The number of hydrogen-bond donors (Lipinski definition) is 1. The lowest BCUT2D eigenvalue weighted by Gasteiger charge is -2.06. The molecule has 0 fully saturated rings. The van der Waals surface area contributed by atoms with Crippen LogP contribution < -0.4 is 5.32 Å². The molecule has 0 saturated carbocycles. The lowest BCUT2D eigenvalue weighted by molar-refractivity contribution is -0.137. The molecule has 25 heavy (non-hydrogen) atoms. The van der Waals surface area contributed by atoms with Crippen LogP contribution in [0.4, 0.5) is 23.2 Å². The molecule has 0 saturated heterocycles. The van der Waals surface area contributed by atoms with E-state index in [1.54, 1.807) is 0 Å². The third kappa shape index (κ3) is 4.08. The van der Waals surface area contributed by atoms with Crippen molar-refractivity contribution in [2.75, 3.05) is 5.32 Å². The molecular formula is C16H10ClF4N3O. The largest absolute Gasteiger partial charge is 0.416 e. The molecule has 0 radical (unpaired) electrons. The quantitative estimate of drug-likeness (QED) is 0.644. The van der Waals surface area contributed by atoms with E-state index in [0.29, 0.717) is 5.56 Å². The fraction of sp³-hybridized carbons (Fsp3) is 0.125. The average Bonchev–Trinajstić information content (AvgIpc) is 3.02. The second-order valence-corrected chi connectivity index (χ2v) is 5.50. The van der Waals surface area contributed by atoms with Gasteiger partial charge >= 0.3 is 6.18 Å². The molecule has 130 valence electrons. The minimum atomic E-state index is -4.41. The molecule has 1 N–H and O–H groups in total. The number of rotatable bonds is 4. The number of aromatic nitrogens is 2. The van der Waals surface area contributed by atoms with Gasteiger partial charge in [0.2, 0.25) is 11.7 Å². The van der Waals surface area contributed by atoms with Crippen molar-refractivity contribution in [1.29, 1.82) is 0 Å². The van der Waals surface area contributed by atoms with Crippen LogP contribution >= 0.6 is 11.6 Å². The van der Waals surface area contributed by atoms with Gasteiger partial charge in [-0.05, 0) is 30.3 Å². The monoisotopic (exact) mass is 371 g/mol. The van der Waals surface area contributed by atoms with E-state index in [9.17, 15) is 17.6 Å². The van der Waals surface area contributed by atoms with Gasteiger partial charge < -0.3 is 9.84 Å². The molecule has 0 aliphatic rings. The van der Waals surface area contributed by atoms with Gasteiger partial charge in [0.1, 0.15) is 5.82 Å². The number of benzene rings is 2. The summed E-state index contributed by atoms with van der Waals surface area (Å²) >= 11 is 5.67. The molecular weight excluding hydrogens is 362 g/mol. The van der Waals surface area contributed by atoms with Gasteiger partial charge in [-0.3, -0.25) is 0 Å². The zero-order valence-electron chi connectivity index (χ0n) is 12.4. The highest BCUT2D eigenvalue weighted by molar-refractivity contribution is 6.30. The summed E-state index contributed by atoms with van der Waals surface area (Å²) in [6.45, 7) is 0.0478. The second-order valence-electron chi connectivity index (χ2n) is 5.06. The number of nitrogens with one attached hydrogen (secondary N) is 1. The van der Waals surface area contributed by atoms with E-state index in [2.05, 4.69) is 15.5 Å². The Balaban J connectivity index is 1.70. The van der Waals surface area contributed by atoms with Gasteiger partial charge in [0.25, 0.3) is 0 Å². The van der Waals surface area contributed by atoms with E-state index in [0.717, 1.165) is 18.2 Å². The van der Waals surface area contributed by atoms with Crippen LogP contribution in [0.2, 0.25) is 5.02 Å². The van der Waals surface area contributed by atoms with Gasteiger partial charge in [-0.25, -0.2) is 4.39 Å². The molecule has 1 heterocycles. The molecule has 0 amide bonds. The van der Waals surface area contributed by atoms with Gasteiger partial charge in [-0.1, -0.05) is 28.9 Å². The highest BCUT2D eigenvalue weighted by Crippen LogP contribution is 2.30. The lowest BCUT2D eigenvalue weighted by Crippen LogP contribution is -2.04. The maximum absolute atomic E-state index is 13.7. The van der Waals surface area contributed by atoms with Crippen molar-refractivity contribution < 1.29 is 22.1 Å². The summed E-state index contributed by atoms with van der Waals surface area (Å²) in [4.78, 5) is 4.06. The Labute approximate surface area is 144 Å². The zero-order valence-corrected chi connectivity index (χ0v) is 13.2. The standard InChI is InChI=1S/C16H10ClF4N3O/c17-11-5-6-13(12(18)7-11)22-8-14-23-15(24-25-14)9-1-3-10(4-2-9)16(19,20)21/h1-7,22H,8H2. The summed E-state index contributed by atoms with van der Waals surface area (Å²) in [5.41, 5.74) is -0.181. The summed E-state index contributed by atoms with van der Waals surface area (Å²) in [5.74, 6) is -0.235. The number of nitrogens with zero attached hydrogens (tertiary/aromatic N) is 2. The molecule has 9 heteroatoms. The number of anilines is 1. The van der Waals surface area contributed by atoms with Crippen LogP contribution in [0.25, 0.3) is 11.4 Å². The summed E-state index contributed by atoms with van der Waals surface area (Å²) in [7, 11) is 0. The average molecular weight is 372 g/mol. The smallest absolute Gasteiger partial charge is 0.374 e. The van der Waals surface area contributed by atoms with Crippen LogP contribution in [0.15, 0.2) is 47.0 Å². The van der Waals surface area contributed by atoms with Gasteiger partial charge in [0, 0.05) is 10.6 Å². The highest BCUT2D eigenvalue weighted by atomic mass is 35.5. The molecule has 4 nitrogen and oxygen atoms in total. The molecule has 1 aromatic heterocycles. The predicted molar refractivity (Wildman–Crippen MR) is 83.5 cm³/mol. The van der Waals surface area contributed by atoms with Crippen LogP contribution in [0.1, 0.15) is 11.5 Å². The molecule has 3 aromatic rings. The van der Waals surface area contributed by atoms with Crippen molar-refractivity contribution in [2.24, 2.45) is 0 Å². The van der Waals surface area contributed by atoms with Crippen molar-refractivity contribution in [1.82, 2.24) is 10.1 Å². The summed E-state index contributed by atoms with van der Waals surface area (Å²) in [6, 6.07) is 8.53. The normalized spacial score (nSPS) is 11.6. The predicted octanol–water partition coefficient (Wildman–Crippen LogP) is 5.16. The van der Waals surface area contributed by atoms with Crippen molar-refractivity contribution in [3.8, 4) is 11.4 Å². The van der Waals surface area contributed by atoms with Gasteiger partial charge in [-0.15, -0.1) is 0 Å². The van der Waals surface area contributed by atoms with Crippen LogP contribution in [0, 0.1) is 5.82 Å². The summed E-state index contributed by atoms with van der Waals surface area (Å²) < 4.78 is 56.3. The first kappa shape index (κ1) is 17.2. The fourth-order valence-electron chi connectivity index (χ4n) is 2.06. The van der Waals surface area contributed by atoms with Crippen LogP contribution in [0.3, 0.4) is 0 Å². The molecule has 0 unspecified atom stereocenters. The third-order valence-corrected chi connectivity index (χ3v) is 3.53. The van der Waals surface area contributed by atoms with Crippen molar-refractivity contribution in [3.05, 3.63) is 64.8 Å². The van der Waals surface area contributed by atoms with Gasteiger partial charge in [0.15, 0.2) is 0 Å². The molecule has 0 atom stereocenters. The Kier molecular flexibility index (Phi) is 4.63. The molecule has 0 spiro atoms. The van der Waals surface area contributed by atoms with Crippen molar-refractivity contribution in [3.63, 3.8) is 0 Å². The Morgan fingerprint density at radius 2 is 1.80 bits per heavy atom. The maximum atomic E-state index is 13.7. The zero-order chi connectivity index (χ0) is 18.0. The van der Waals surface area contributed by atoms with E-state index in [1.807, 2.05) is 0 Å². The minimum absolute atomic E-state index is 0.0478. The first-order chi connectivity index (χ1) is 11.8. The van der Waals surface area contributed by atoms with E-state index < -0.39 is 17.6 Å². The highest BCUT2D eigenvalue weighted by Gasteiger charge is 2.30. The Morgan fingerprint density at radius 1 is 1.08 bits per heavy atom. The minimum Gasteiger partial charge on any atom is -0.374 e. The number of alkyl halides is 3. The topological polar surface area (TPSA) is 51.0 Å². The van der Waals surface area contributed by atoms with Crippen LogP contribution in [0.5, 0.6) is 0 Å². The SMILES string of the molecule is Fc1cc(Cl)ccc1NCc1nc(-c2ccc(C(F)(F)F)cc2)no1. The van der Waals surface area contributed by atoms with Gasteiger partial charge in [0.05, 0.1) is 17.8 Å². The molecule has 0 aliphatic carbocycles. The van der Waals surface area contributed by atoms with E-state index in [4.69, 9.17) is 16.1 Å².